The molecule has 2 rings (SSSR count). The van der Waals surface area contributed by atoms with Crippen LogP contribution in [-0.2, 0) is 9.84 Å². The quantitative estimate of drug-likeness (QED) is 0.893. The Bertz CT molecular complexity index is 504. The van der Waals surface area contributed by atoms with Crippen LogP contribution in [0.25, 0.3) is 0 Å². The van der Waals surface area contributed by atoms with Gasteiger partial charge in [0.2, 0.25) is 0 Å². The Hall–Kier alpha value is -1.07. The lowest BCUT2D eigenvalue weighted by atomic mass is 9.80. The van der Waals surface area contributed by atoms with Gasteiger partial charge in [0, 0.05) is 31.6 Å². The molecule has 0 amide bonds. The number of hydrogen-bond donors (Lipinski definition) is 1. The summed E-state index contributed by atoms with van der Waals surface area (Å²) >= 11 is 0. The molecule has 18 heavy (non-hydrogen) atoms. The van der Waals surface area contributed by atoms with Crippen LogP contribution in [-0.4, -0.2) is 34.3 Å². The van der Waals surface area contributed by atoms with Crippen LogP contribution in [0.2, 0.25) is 0 Å². The van der Waals surface area contributed by atoms with Gasteiger partial charge < -0.3 is 10.6 Å². The minimum atomic E-state index is -3.10. The molecular formula is C13H20N2O2S. The van der Waals surface area contributed by atoms with Crippen molar-refractivity contribution >= 4 is 15.5 Å². The number of hydrogen-bond acceptors (Lipinski definition) is 4. The first kappa shape index (κ1) is 13.4. The second-order valence-corrected chi connectivity index (χ2v) is 7.26. The molecule has 0 aromatic heterocycles. The molecule has 100 valence electrons. The highest BCUT2D eigenvalue weighted by atomic mass is 32.2. The number of anilines is 1. The Morgan fingerprint density at radius 2 is 1.83 bits per heavy atom. The number of sulfone groups is 1. The van der Waals surface area contributed by atoms with Crippen molar-refractivity contribution in [1.29, 1.82) is 0 Å². The van der Waals surface area contributed by atoms with Gasteiger partial charge in [-0.25, -0.2) is 8.42 Å². The third-order valence-electron chi connectivity index (χ3n) is 3.51. The van der Waals surface area contributed by atoms with Crippen LogP contribution in [0.15, 0.2) is 29.2 Å². The standard InChI is InChI=1S/C13H20N2O2S/c1-15(9-10-7-11(14)8-10)12-3-5-13(6-4-12)18(2,16)17/h3-6,10-11H,7-9,14H2,1-2H3. The molecule has 0 unspecified atom stereocenters. The Morgan fingerprint density at radius 3 is 2.28 bits per heavy atom. The van der Waals surface area contributed by atoms with E-state index in [0.29, 0.717) is 16.9 Å². The fraction of sp³-hybridized carbons (Fsp3) is 0.538. The minimum absolute atomic E-state index is 0.366. The van der Waals surface area contributed by atoms with Crippen molar-refractivity contribution in [2.45, 2.75) is 23.8 Å². The maximum absolute atomic E-state index is 11.4. The average Bonchev–Trinajstić information content (AvgIpc) is 2.26. The number of rotatable bonds is 4. The van der Waals surface area contributed by atoms with Gasteiger partial charge in [-0.15, -0.1) is 0 Å². The van der Waals surface area contributed by atoms with E-state index in [0.717, 1.165) is 25.1 Å². The molecule has 0 saturated heterocycles. The fourth-order valence-electron chi connectivity index (χ4n) is 2.38. The second kappa shape index (κ2) is 4.90. The highest BCUT2D eigenvalue weighted by Crippen LogP contribution is 2.28. The van der Waals surface area contributed by atoms with Crippen LogP contribution in [0.3, 0.4) is 0 Å². The van der Waals surface area contributed by atoms with Crippen LogP contribution >= 0.6 is 0 Å². The molecule has 2 N–H and O–H groups in total. The molecule has 1 saturated carbocycles. The smallest absolute Gasteiger partial charge is 0.175 e. The SMILES string of the molecule is CN(CC1CC(N)C1)c1ccc(S(C)(=O)=O)cc1. The van der Waals surface area contributed by atoms with E-state index in [1.165, 1.54) is 6.26 Å². The van der Waals surface area contributed by atoms with Crippen LogP contribution in [0.1, 0.15) is 12.8 Å². The van der Waals surface area contributed by atoms with Crippen LogP contribution < -0.4 is 10.6 Å². The summed E-state index contributed by atoms with van der Waals surface area (Å²) in [5.41, 5.74) is 6.81. The number of benzene rings is 1. The van der Waals surface area contributed by atoms with Crippen molar-refractivity contribution in [3.05, 3.63) is 24.3 Å². The van der Waals surface area contributed by atoms with Gasteiger partial charge in [0.25, 0.3) is 0 Å². The number of nitrogens with two attached hydrogens (primary N) is 1. The van der Waals surface area contributed by atoms with Crippen molar-refractivity contribution in [3.63, 3.8) is 0 Å². The van der Waals surface area contributed by atoms with Crippen molar-refractivity contribution in [2.75, 3.05) is 24.7 Å². The molecule has 0 bridgehead atoms. The Labute approximate surface area is 109 Å². The molecule has 0 atom stereocenters. The summed E-state index contributed by atoms with van der Waals surface area (Å²) in [6, 6.07) is 7.40. The van der Waals surface area contributed by atoms with Gasteiger partial charge in [-0.2, -0.15) is 0 Å². The predicted octanol–water partition coefficient (Wildman–Crippen LogP) is 1.26. The van der Waals surface area contributed by atoms with Gasteiger partial charge >= 0.3 is 0 Å². The highest BCUT2D eigenvalue weighted by Gasteiger charge is 2.26. The topological polar surface area (TPSA) is 63.4 Å². The summed E-state index contributed by atoms with van der Waals surface area (Å²) in [7, 11) is -1.08. The van der Waals surface area contributed by atoms with Gasteiger partial charge in [0.05, 0.1) is 4.90 Å². The zero-order valence-corrected chi connectivity index (χ0v) is 11.7. The minimum Gasteiger partial charge on any atom is -0.374 e. The first-order chi connectivity index (χ1) is 8.36. The number of nitrogens with zero attached hydrogens (tertiary/aromatic N) is 1. The van der Waals surface area contributed by atoms with Crippen molar-refractivity contribution in [1.82, 2.24) is 0 Å². The Balaban J connectivity index is 2.01. The molecule has 1 aromatic carbocycles. The van der Waals surface area contributed by atoms with Gasteiger partial charge in [-0.3, -0.25) is 0 Å². The van der Waals surface area contributed by atoms with Crippen LogP contribution in [0.4, 0.5) is 5.69 Å². The molecule has 4 nitrogen and oxygen atoms in total. The van der Waals surface area contributed by atoms with E-state index in [-0.39, 0.29) is 0 Å². The highest BCUT2D eigenvalue weighted by molar-refractivity contribution is 7.90. The van der Waals surface area contributed by atoms with Gasteiger partial charge in [-0.1, -0.05) is 0 Å². The third-order valence-corrected chi connectivity index (χ3v) is 4.64. The largest absolute Gasteiger partial charge is 0.374 e. The van der Waals surface area contributed by atoms with E-state index < -0.39 is 9.84 Å². The molecule has 5 heteroatoms. The molecule has 0 spiro atoms. The molecule has 1 aromatic rings. The fourth-order valence-corrected chi connectivity index (χ4v) is 3.01. The average molecular weight is 268 g/mol. The zero-order chi connectivity index (χ0) is 13.3. The summed E-state index contributed by atoms with van der Waals surface area (Å²) in [6.45, 7) is 0.978. The summed E-state index contributed by atoms with van der Waals surface area (Å²) in [4.78, 5) is 2.52. The third kappa shape index (κ3) is 3.03. The molecule has 1 aliphatic carbocycles. The first-order valence-electron chi connectivity index (χ1n) is 6.13. The van der Waals surface area contributed by atoms with E-state index in [9.17, 15) is 8.42 Å². The lowest BCUT2D eigenvalue weighted by Gasteiger charge is -2.36. The second-order valence-electron chi connectivity index (χ2n) is 5.24. The van der Waals surface area contributed by atoms with Crippen molar-refractivity contribution in [2.24, 2.45) is 11.7 Å². The molecule has 0 radical (unpaired) electrons. The van der Waals surface area contributed by atoms with Crippen LogP contribution in [0, 0.1) is 5.92 Å². The lowest BCUT2D eigenvalue weighted by molar-refractivity contribution is 0.271. The monoisotopic (exact) mass is 268 g/mol. The molecule has 0 aliphatic heterocycles. The summed E-state index contributed by atoms with van der Waals surface area (Å²) in [5, 5.41) is 0. The Kier molecular flexibility index (Phi) is 3.64. The molecular weight excluding hydrogens is 248 g/mol. The summed E-state index contributed by atoms with van der Waals surface area (Å²) < 4.78 is 22.7. The lowest BCUT2D eigenvalue weighted by Crippen LogP contribution is -2.41. The molecule has 0 heterocycles. The van der Waals surface area contributed by atoms with Gasteiger partial charge in [-0.05, 0) is 43.0 Å². The van der Waals surface area contributed by atoms with E-state index in [2.05, 4.69) is 4.90 Å². The van der Waals surface area contributed by atoms with E-state index in [1.54, 1.807) is 12.1 Å². The maximum atomic E-state index is 11.4. The van der Waals surface area contributed by atoms with Gasteiger partial charge in [0.1, 0.15) is 0 Å². The van der Waals surface area contributed by atoms with Gasteiger partial charge in [0.15, 0.2) is 9.84 Å². The normalized spacial score (nSPS) is 23.5. The summed E-state index contributed by atoms with van der Waals surface area (Å²) in [6.07, 6.45) is 3.40. The first-order valence-corrected chi connectivity index (χ1v) is 8.02. The maximum Gasteiger partial charge on any atom is 0.175 e. The van der Waals surface area contributed by atoms with E-state index >= 15 is 0 Å². The predicted molar refractivity (Wildman–Crippen MR) is 73.5 cm³/mol. The zero-order valence-electron chi connectivity index (χ0n) is 10.8. The van der Waals surface area contributed by atoms with E-state index in [4.69, 9.17) is 5.73 Å². The Morgan fingerprint density at radius 1 is 1.28 bits per heavy atom. The van der Waals surface area contributed by atoms with Crippen molar-refractivity contribution < 1.29 is 8.42 Å². The van der Waals surface area contributed by atoms with Crippen LogP contribution in [0.5, 0.6) is 0 Å². The summed E-state index contributed by atoms with van der Waals surface area (Å²) in [5.74, 6) is 0.666. The molecule has 1 fully saturated rings. The van der Waals surface area contributed by atoms with E-state index in [1.807, 2.05) is 19.2 Å². The molecule has 1 aliphatic rings. The van der Waals surface area contributed by atoms with Crippen molar-refractivity contribution in [3.8, 4) is 0 Å².